The van der Waals surface area contributed by atoms with Crippen molar-refractivity contribution in [3.8, 4) is 6.07 Å². The summed E-state index contributed by atoms with van der Waals surface area (Å²) in [6.45, 7) is 0. The predicted octanol–water partition coefficient (Wildman–Crippen LogP) is 0.140. The molecule has 0 bridgehead atoms. The Morgan fingerprint density at radius 3 is 2.56 bits per heavy atom. The van der Waals surface area contributed by atoms with Crippen molar-refractivity contribution in [3.63, 3.8) is 0 Å². The Kier molecular flexibility index (Phi) is 3.67. The number of hydrogen-bond donors (Lipinski definition) is 1. The number of nitrogens with zero attached hydrogens (tertiary/aromatic N) is 2. The average molecular weight is 271 g/mol. The second kappa shape index (κ2) is 4.80. The molecule has 1 heterocycles. The normalized spacial score (nSPS) is 39.0. The van der Waals surface area contributed by atoms with E-state index < -0.39 is 15.4 Å². The van der Waals surface area contributed by atoms with Crippen molar-refractivity contribution in [1.82, 2.24) is 10.2 Å². The number of sulfone groups is 1. The first-order valence-electron chi connectivity index (χ1n) is 6.44. The van der Waals surface area contributed by atoms with Crippen LogP contribution in [0.4, 0.5) is 0 Å². The molecule has 3 unspecified atom stereocenters. The molecule has 1 aliphatic heterocycles. The third-order valence-corrected chi connectivity index (χ3v) is 6.29. The van der Waals surface area contributed by atoms with Crippen LogP contribution in [0.25, 0.3) is 0 Å². The molecule has 2 rings (SSSR count). The van der Waals surface area contributed by atoms with E-state index in [0.29, 0.717) is 11.8 Å². The minimum atomic E-state index is -2.83. The molecule has 3 atom stereocenters. The SMILES string of the molecule is CNC1(C#N)CCC(N(C)C2CCS(=O)(=O)C2)C1. The molecule has 0 aromatic carbocycles. The van der Waals surface area contributed by atoms with Crippen molar-refractivity contribution in [2.24, 2.45) is 0 Å². The van der Waals surface area contributed by atoms with Crippen LogP contribution in [-0.4, -0.2) is 56.5 Å². The van der Waals surface area contributed by atoms with Gasteiger partial charge in [-0.1, -0.05) is 0 Å². The molecule has 5 nitrogen and oxygen atoms in total. The molecule has 1 saturated carbocycles. The molecular formula is C12H21N3O2S. The van der Waals surface area contributed by atoms with Crippen molar-refractivity contribution >= 4 is 9.84 Å². The van der Waals surface area contributed by atoms with Crippen LogP contribution in [-0.2, 0) is 9.84 Å². The van der Waals surface area contributed by atoms with Crippen LogP contribution < -0.4 is 5.32 Å². The molecule has 0 aromatic heterocycles. The fourth-order valence-corrected chi connectivity index (χ4v) is 4.93. The zero-order chi connectivity index (χ0) is 13.4. The Hall–Kier alpha value is -0.640. The van der Waals surface area contributed by atoms with E-state index in [1.807, 2.05) is 14.1 Å². The maximum Gasteiger partial charge on any atom is 0.151 e. The molecule has 0 radical (unpaired) electrons. The van der Waals surface area contributed by atoms with Gasteiger partial charge >= 0.3 is 0 Å². The molecule has 0 aromatic rings. The lowest BCUT2D eigenvalue weighted by molar-refractivity contribution is 0.184. The summed E-state index contributed by atoms with van der Waals surface area (Å²) in [6, 6.07) is 2.81. The summed E-state index contributed by atoms with van der Waals surface area (Å²) in [5.74, 6) is 0.587. The summed E-state index contributed by atoms with van der Waals surface area (Å²) in [6.07, 6.45) is 3.32. The van der Waals surface area contributed by atoms with E-state index in [-0.39, 0.29) is 11.8 Å². The van der Waals surface area contributed by atoms with E-state index in [2.05, 4.69) is 16.3 Å². The fraction of sp³-hybridized carbons (Fsp3) is 0.917. The highest BCUT2D eigenvalue weighted by Crippen LogP contribution is 2.34. The third-order valence-electron chi connectivity index (χ3n) is 4.54. The van der Waals surface area contributed by atoms with Crippen molar-refractivity contribution < 1.29 is 8.42 Å². The molecule has 18 heavy (non-hydrogen) atoms. The first kappa shape index (κ1) is 13.8. The Balaban J connectivity index is 2.00. The summed E-state index contributed by atoms with van der Waals surface area (Å²) in [7, 11) is 0.992. The molecule has 0 amide bonds. The molecular weight excluding hydrogens is 250 g/mol. The van der Waals surface area contributed by atoms with E-state index in [1.54, 1.807) is 0 Å². The molecule has 1 N–H and O–H groups in total. The Morgan fingerprint density at radius 1 is 1.39 bits per heavy atom. The van der Waals surface area contributed by atoms with Crippen LogP contribution >= 0.6 is 0 Å². The lowest BCUT2D eigenvalue weighted by Crippen LogP contribution is -2.44. The minimum absolute atomic E-state index is 0.131. The largest absolute Gasteiger partial charge is 0.302 e. The highest BCUT2D eigenvalue weighted by molar-refractivity contribution is 7.91. The first-order chi connectivity index (χ1) is 8.41. The zero-order valence-corrected chi connectivity index (χ0v) is 11.8. The highest BCUT2D eigenvalue weighted by Gasteiger charge is 2.42. The quantitative estimate of drug-likeness (QED) is 0.790. The van der Waals surface area contributed by atoms with Crippen LogP contribution in [0, 0.1) is 11.3 Å². The number of nitrogens with one attached hydrogen (secondary N) is 1. The van der Waals surface area contributed by atoms with Crippen molar-refractivity contribution in [1.29, 1.82) is 5.26 Å². The maximum absolute atomic E-state index is 11.5. The Labute approximate surface area is 109 Å². The molecule has 102 valence electrons. The van der Waals surface area contributed by atoms with Gasteiger partial charge in [-0.2, -0.15) is 5.26 Å². The van der Waals surface area contributed by atoms with E-state index >= 15 is 0 Å². The van der Waals surface area contributed by atoms with Gasteiger partial charge < -0.3 is 5.32 Å². The summed E-state index contributed by atoms with van der Waals surface area (Å²) in [4.78, 5) is 2.18. The topological polar surface area (TPSA) is 73.2 Å². The molecule has 1 aliphatic carbocycles. The van der Waals surface area contributed by atoms with Crippen LogP contribution in [0.5, 0.6) is 0 Å². The third kappa shape index (κ3) is 2.53. The molecule has 2 fully saturated rings. The van der Waals surface area contributed by atoms with Gasteiger partial charge in [-0.3, -0.25) is 4.90 Å². The molecule has 6 heteroatoms. The van der Waals surface area contributed by atoms with Gasteiger partial charge in [0.25, 0.3) is 0 Å². The summed E-state index contributed by atoms with van der Waals surface area (Å²) in [5, 5.41) is 12.4. The smallest absolute Gasteiger partial charge is 0.151 e. The van der Waals surface area contributed by atoms with E-state index in [4.69, 9.17) is 0 Å². The minimum Gasteiger partial charge on any atom is -0.302 e. The highest BCUT2D eigenvalue weighted by atomic mass is 32.2. The summed E-state index contributed by atoms with van der Waals surface area (Å²) < 4.78 is 23.0. The average Bonchev–Trinajstić information content (AvgIpc) is 2.92. The standard InChI is InChI=1S/C12H21N3O2S/c1-14-12(9-13)5-3-10(7-12)15(2)11-4-6-18(16,17)8-11/h10-11,14H,3-8H2,1-2H3. The number of rotatable bonds is 3. The van der Waals surface area contributed by atoms with Gasteiger partial charge in [0, 0.05) is 12.1 Å². The Morgan fingerprint density at radius 2 is 2.11 bits per heavy atom. The second-order valence-corrected chi connectivity index (χ2v) is 7.79. The van der Waals surface area contributed by atoms with Crippen LogP contribution in [0.3, 0.4) is 0 Å². The number of hydrogen-bond acceptors (Lipinski definition) is 5. The first-order valence-corrected chi connectivity index (χ1v) is 8.26. The predicted molar refractivity (Wildman–Crippen MR) is 69.9 cm³/mol. The fourth-order valence-electron chi connectivity index (χ4n) is 3.15. The van der Waals surface area contributed by atoms with Gasteiger partial charge in [0.05, 0.1) is 17.6 Å². The van der Waals surface area contributed by atoms with Crippen LogP contribution in [0.15, 0.2) is 0 Å². The van der Waals surface area contributed by atoms with Gasteiger partial charge in [0.15, 0.2) is 9.84 Å². The van der Waals surface area contributed by atoms with Gasteiger partial charge in [0.1, 0.15) is 5.54 Å². The lowest BCUT2D eigenvalue weighted by Gasteiger charge is -2.30. The van der Waals surface area contributed by atoms with Crippen molar-refractivity contribution in [2.75, 3.05) is 25.6 Å². The molecule has 1 saturated heterocycles. The van der Waals surface area contributed by atoms with Gasteiger partial charge in [-0.15, -0.1) is 0 Å². The summed E-state index contributed by atoms with van der Waals surface area (Å²) >= 11 is 0. The van der Waals surface area contributed by atoms with E-state index in [9.17, 15) is 13.7 Å². The molecule has 2 aliphatic rings. The van der Waals surface area contributed by atoms with Crippen molar-refractivity contribution in [3.05, 3.63) is 0 Å². The monoisotopic (exact) mass is 271 g/mol. The zero-order valence-electron chi connectivity index (χ0n) is 11.0. The van der Waals surface area contributed by atoms with E-state index in [0.717, 1.165) is 25.7 Å². The van der Waals surface area contributed by atoms with Gasteiger partial charge in [-0.25, -0.2) is 8.42 Å². The lowest BCUT2D eigenvalue weighted by atomic mass is 9.99. The van der Waals surface area contributed by atoms with Crippen molar-refractivity contribution in [2.45, 2.75) is 43.3 Å². The second-order valence-electron chi connectivity index (χ2n) is 5.56. The van der Waals surface area contributed by atoms with Crippen LogP contribution in [0.1, 0.15) is 25.7 Å². The maximum atomic E-state index is 11.5. The Bertz CT molecular complexity index is 456. The van der Waals surface area contributed by atoms with Crippen LogP contribution in [0.2, 0.25) is 0 Å². The van der Waals surface area contributed by atoms with Gasteiger partial charge in [-0.05, 0) is 39.8 Å². The van der Waals surface area contributed by atoms with E-state index in [1.165, 1.54) is 0 Å². The molecule has 0 spiro atoms. The summed E-state index contributed by atoms with van der Waals surface area (Å²) in [5.41, 5.74) is -0.420. The van der Waals surface area contributed by atoms with Gasteiger partial charge in [0.2, 0.25) is 0 Å². The number of nitriles is 1.